The van der Waals surface area contributed by atoms with E-state index in [9.17, 15) is 0 Å². The fourth-order valence-electron chi connectivity index (χ4n) is 1.20. The Morgan fingerprint density at radius 1 is 1.60 bits per heavy atom. The van der Waals surface area contributed by atoms with Crippen molar-refractivity contribution in [3.63, 3.8) is 0 Å². The molecule has 1 atom stereocenters. The van der Waals surface area contributed by atoms with Crippen LogP contribution in [0.5, 0.6) is 0 Å². The van der Waals surface area contributed by atoms with Gasteiger partial charge in [0.2, 0.25) is 0 Å². The highest BCUT2D eigenvalue weighted by Gasteiger charge is 2.43. The summed E-state index contributed by atoms with van der Waals surface area (Å²) in [6.45, 7) is 4.86. The molecule has 2 heteroatoms. The quantitative estimate of drug-likeness (QED) is 0.553. The number of furan rings is 1. The summed E-state index contributed by atoms with van der Waals surface area (Å²) in [7, 11) is 0. The lowest BCUT2D eigenvalue weighted by molar-refractivity contribution is 0.325. The van der Waals surface area contributed by atoms with Crippen LogP contribution in [0.4, 0.5) is 0 Å². The van der Waals surface area contributed by atoms with Gasteiger partial charge in [0.15, 0.2) is 0 Å². The summed E-state index contributed by atoms with van der Waals surface area (Å²) in [6.07, 6.45) is 1.71. The van der Waals surface area contributed by atoms with Gasteiger partial charge in [-0.25, -0.2) is 0 Å². The first kappa shape index (κ1) is 5.98. The fourth-order valence-corrected chi connectivity index (χ4v) is 1.20. The minimum atomic E-state index is -0.0307. The molecule has 1 aliphatic rings. The van der Waals surface area contributed by atoms with E-state index >= 15 is 0 Å². The van der Waals surface area contributed by atoms with Crippen LogP contribution in [-0.2, 0) is 10.3 Å². The van der Waals surface area contributed by atoms with Crippen LogP contribution in [0.15, 0.2) is 16.7 Å². The number of ether oxygens (including phenoxy) is 1. The first-order valence-corrected chi connectivity index (χ1v) is 3.41. The molecule has 54 valence electrons. The highest BCUT2D eigenvalue weighted by Crippen LogP contribution is 2.39. The normalized spacial score (nSPS) is 30.6. The Labute approximate surface area is 59.8 Å². The van der Waals surface area contributed by atoms with Crippen molar-refractivity contribution in [3.05, 3.63) is 23.7 Å². The molecule has 1 saturated heterocycles. The van der Waals surface area contributed by atoms with E-state index in [1.807, 2.05) is 13.0 Å². The van der Waals surface area contributed by atoms with E-state index in [2.05, 4.69) is 6.92 Å². The van der Waals surface area contributed by atoms with Gasteiger partial charge in [-0.1, -0.05) is 0 Å². The lowest BCUT2D eigenvalue weighted by Gasteiger charge is -2.00. The van der Waals surface area contributed by atoms with Crippen LogP contribution in [0.2, 0.25) is 0 Å². The predicted molar refractivity (Wildman–Crippen MR) is 36.7 cm³/mol. The second kappa shape index (κ2) is 1.64. The second-order valence-corrected chi connectivity index (χ2v) is 2.91. The second-order valence-electron chi connectivity index (χ2n) is 2.91. The van der Waals surface area contributed by atoms with Crippen molar-refractivity contribution in [1.29, 1.82) is 0 Å². The van der Waals surface area contributed by atoms with Crippen molar-refractivity contribution in [1.82, 2.24) is 0 Å². The molecule has 0 aliphatic carbocycles. The third-order valence-electron chi connectivity index (χ3n) is 2.01. The molecule has 2 rings (SSSR count). The molecule has 1 unspecified atom stereocenters. The Hall–Kier alpha value is -0.760. The van der Waals surface area contributed by atoms with Crippen molar-refractivity contribution in [3.8, 4) is 0 Å². The predicted octanol–water partition coefficient (Wildman–Crippen LogP) is 1.83. The number of aryl methyl sites for hydroxylation is 1. The molecule has 0 saturated carbocycles. The molecule has 1 aliphatic heterocycles. The molecule has 0 spiro atoms. The van der Waals surface area contributed by atoms with Gasteiger partial charge in [-0.05, 0) is 19.9 Å². The zero-order valence-corrected chi connectivity index (χ0v) is 6.18. The third-order valence-corrected chi connectivity index (χ3v) is 2.01. The largest absolute Gasteiger partial charge is 0.469 e. The van der Waals surface area contributed by atoms with E-state index in [-0.39, 0.29) is 5.60 Å². The van der Waals surface area contributed by atoms with Crippen molar-refractivity contribution < 1.29 is 9.15 Å². The molecular weight excluding hydrogens is 128 g/mol. The molecule has 2 heterocycles. The monoisotopic (exact) mass is 138 g/mol. The minimum Gasteiger partial charge on any atom is -0.469 e. The maximum Gasteiger partial charge on any atom is 0.117 e. The average molecular weight is 138 g/mol. The zero-order valence-electron chi connectivity index (χ0n) is 6.18. The maximum absolute atomic E-state index is 5.26. The summed E-state index contributed by atoms with van der Waals surface area (Å²) in [6, 6.07) is 1.97. The van der Waals surface area contributed by atoms with E-state index in [4.69, 9.17) is 9.15 Å². The van der Waals surface area contributed by atoms with Crippen LogP contribution >= 0.6 is 0 Å². The van der Waals surface area contributed by atoms with E-state index in [0.29, 0.717) is 0 Å². The summed E-state index contributed by atoms with van der Waals surface area (Å²) in [5.41, 5.74) is 1.16. The van der Waals surface area contributed by atoms with Crippen LogP contribution in [0.25, 0.3) is 0 Å². The van der Waals surface area contributed by atoms with Gasteiger partial charge in [0, 0.05) is 5.56 Å². The van der Waals surface area contributed by atoms with Gasteiger partial charge in [-0.3, -0.25) is 0 Å². The third kappa shape index (κ3) is 0.688. The summed E-state index contributed by atoms with van der Waals surface area (Å²) in [4.78, 5) is 0. The van der Waals surface area contributed by atoms with E-state index in [1.165, 1.54) is 5.56 Å². The topological polar surface area (TPSA) is 25.7 Å². The van der Waals surface area contributed by atoms with Crippen LogP contribution in [-0.4, -0.2) is 6.61 Å². The SMILES string of the molecule is Cc1occc1C1(C)CO1. The van der Waals surface area contributed by atoms with Crippen molar-refractivity contribution in [2.75, 3.05) is 6.61 Å². The van der Waals surface area contributed by atoms with E-state index in [0.717, 1.165) is 12.4 Å². The van der Waals surface area contributed by atoms with Crippen molar-refractivity contribution in [2.45, 2.75) is 19.4 Å². The smallest absolute Gasteiger partial charge is 0.117 e. The van der Waals surface area contributed by atoms with Gasteiger partial charge in [-0.2, -0.15) is 0 Å². The Kier molecular flexibility index (Phi) is 0.980. The summed E-state index contributed by atoms with van der Waals surface area (Å²) >= 11 is 0. The van der Waals surface area contributed by atoms with Gasteiger partial charge >= 0.3 is 0 Å². The molecule has 0 aromatic carbocycles. The van der Waals surface area contributed by atoms with Crippen LogP contribution in [0.3, 0.4) is 0 Å². The van der Waals surface area contributed by atoms with Gasteiger partial charge in [0.1, 0.15) is 11.4 Å². The van der Waals surface area contributed by atoms with Gasteiger partial charge in [0.05, 0.1) is 12.9 Å². The van der Waals surface area contributed by atoms with Gasteiger partial charge in [-0.15, -0.1) is 0 Å². The highest BCUT2D eigenvalue weighted by molar-refractivity contribution is 5.26. The molecular formula is C8H10O2. The number of hydrogen-bond donors (Lipinski definition) is 0. The Morgan fingerprint density at radius 2 is 2.30 bits per heavy atom. The standard InChI is InChI=1S/C8H10O2/c1-6-7(3-4-9-6)8(2)5-10-8/h3-4H,5H2,1-2H3. The minimum absolute atomic E-state index is 0.0307. The molecule has 1 fully saturated rings. The fraction of sp³-hybridized carbons (Fsp3) is 0.500. The maximum atomic E-state index is 5.26. The molecule has 1 aromatic rings. The van der Waals surface area contributed by atoms with Gasteiger partial charge < -0.3 is 9.15 Å². The van der Waals surface area contributed by atoms with E-state index in [1.54, 1.807) is 6.26 Å². The summed E-state index contributed by atoms with van der Waals surface area (Å²) in [5, 5.41) is 0. The number of rotatable bonds is 1. The summed E-state index contributed by atoms with van der Waals surface area (Å²) in [5.74, 6) is 0.972. The van der Waals surface area contributed by atoms with Crippen LogP contribution in [0.1, 0.15) is 18.2 Å². The zero-order chi connectivity index (χ0) is 7.19. The Balaban J connectivity index is 2.42. The van der Waals surface area contributed by atoms with Crippen molar-refractivity contribution >= 4 is 0 Å². The summed E-state index contributed by atoms with van der Waals surface area (Å²) < 4.78 is 10.4. The molecule has 10 heavy (non-hydrogen) atoms. The Morgan fingerprint density at radius 3 is 2.70 bits per heavy atom. The van der Waals surface area contributed by atoms with Crippen LogP contribution < -0.4 is 0 Å². The van der Waals surface area contributed by atoms with Gasteiger partial charge in [0.25, 0.3) is 0 Å². The first-order valence-electron chi connectivity index (χ1n) is 3.41. The Bertz CT molecular complexity index is 246. The first-order chi connectivity index (χ1) is 4.72. The number of hydrogen-bond acceptors (Lipinski definition) is 2. The lowest BCUT2D eigenvalue weighted by Crippen LogP contribution is -2.01. The highest BCUT2D eigenvalue weighted by atomic mass is 16.6. The molecule has 2 nitrogen and oxygen atoms in total. The molecule has 0 N–H and O–H groups in total. The molecule has 0 amide bonds. The lowest BCUT2D eigenvalue weighted by atomic mass is 10.0. The van der Waals surface area contributed by atoms with Crippen molar-refractivity contribution in [2.24, 2.45) is 0 Å². The van der Waals surface area contributed by atoms with E-state index < -0.39 is 0 Å². The molecule has 0 radical (unpaired) electrons. The molecule has 1 aromatic heterocycles. The van der Waals surface area contributed by atoms with Crippen LogP contribution in [0, 0.1) is 6.92 Å². The number of epoxide rings is 1. The molecule has 0 bridgehead atoms. The average Bonchev–Trinajstić information content (AvgIpc) is 2.44.